The fourth-order valence-electron chi connectivity index (χ4n) is 16.5. The number of rotatable bonds is 11. The molecule has 0 unspecified atom stereocenters. The van der Waals surface area contributed by atoms with Gasteiger partial charge in [-0.2, -0.15) is 0 Å². The normalized spacial score (nSPS) is 11.7. The molecule has 0 bridgehead atoms. The van der Waals surface area contributed by atoms with Crippen LogP contribution in [0.5, 0.6) is 0 Å². The van der Waals surface area contributed by atoms with Crippen LogP contribution >= 0.6 is 0 Å². The third-order valence-corrected chi connectivity index (χ3v) is 21.5. The predicted molar refractivity (Wildman–Crippen MR) is 451 cm³/mol. The molecule has 4 heterocycles. The van der Waals surface area contributed by atoms with Crippen molar-refractivity contribution < 1.29 is 17.7 Å². The van der Waals surface area contributed by atoms with Gasteiger partial charge in [0.15, 0.2) is 16.7 Å². The highest BCUT2D eigenvalue weighted by Gasteiger charge is 2.28. The summed E-state index contributed by atoms with van der Waals surface area (Å²) < 4.78 is 27.3. The van der Waals surface area contributed by atoms with Gasteiger partial charge >= 0.3 is 0 Å². The molecule has 0 aliphatic carbocycles. The van der Waals surface area contributed by atoms with Crippen LogP contribution in [0.3, 0.4) is 0 Å². The Morgan fingerprint density at radius 3 is 1.12 bits per heavy atom. The highest BCUT2D eigenvalue weighted by atomic mass is 16.3. The third-order valence-electron chi connectivity index (χ3n) is 21.5. The number of hydrogen-bond donors (Lipinski definition) is 0. The predicted octanol–water partition coefficient (Wildman–Crippen LogP) is 29.7. The van der Waals surface area contributed by atoms with E-state index in [9.17, 15) is 0 Å². The summed E-state index contributed by atoms with van der Waals surface area (Å²) in [5, 5.41) is 15.8. The third kappa shape index (κ3) is 10.5. The van der Waals surface area contributed by atoms with E-state index in [1.54, 1.807) is 0 Å². The molecule has 22 aromatic rings. The Hall–Kier alpha value is -14.5. The first-order chi connectivity index (χ1) is 53.6. The monoisotopic (exact) mass is 1380 g/mol. The van der Waals surface area contributed by atoms with E-state index in [4.69, 9.17) is 17.7 Å². The number of benzene rings is 18. The minimum atomic E-state index is 0.835. The highest BCUT2D eigenvalue weighted by molar-refractivity contribution is 6.27. The average molecular weight is 1380 g/mol. The van der Waals surface area contributed by atoms with Gasteiger partial charge in [0, 0.05) is 71.3 Å². The van der Waals surface area contributed by atoms with Crippen molar-refractivity contribution in [3.8, 4) is 55.6 Å². The molecule has 0 fully saturated rings. The van der Waals surface area contributed by atoms with Crippen LogP contribution in [0.25, 0.3) is 176 Å². The maximum Gasteiger partial charge on any atom is 0.160 e. The Bertz CT molecular complexity index is 7080. The fraction of sp³-hybridized carbons (Fsp3) is 0. The first kappa shape index (κ1) is 62.1. The van der Waals surface area contributed by atoms with Gasteiger partial charge in [0.1, 0.15) is 27.9 Å². The molecule has 0 amide bonds. The van der Waals surface area contributed by atoms with Gasteiger partial charge in [-0.15, -0.1) is 0 Å². The van der Waals surface area contributed by atoms with Gasteiger partial charge < -0.3 is 27.5 Å². The second kappa shape index (κ2) is 25.7. The summed E-state index contributed by atoms with van der Waals surface area (Å²) >= 11 is 0. The van der Waals surface area contributed by atoms with Crippen LogP contribution in [-0.2, 0) is 0 Å². The summed E-state index contributed by atoms with van der Waals surface area (Å²) in [7, 11) is 0. The van der Waals surface area contributed by atoms with E-state index >= 15 is 0 Å². The lowest BCUT2D eigenvalue weighted by Gasteiger charge is -2.27. The minimum Gasteiger partial charge on any atom is -0.455 e. The molecule has 0 N–H and O–H groups in total. The van der Waals surface area contributed by atoms with E-state index in [0.29, 0.717) is 0 Å². The molecule has 506 valence electrons. The van der Waals surface area contributed by atoms with Gasteiger partial charge in [-0.1, -0.05) is 303 Å². The Morgan fingerprint density at radius 1 is 0.167 bits per heavy atom. The molecule has 0 atom stereocenters. The van der Waals surface area contributed by atoms with Crippen molar-refractivity contribution in [1.29, 1.82) is 0 Å². The van der Waals surface area contributed by atoms with Crippen LogP contribution in [-0.4, -0.2) is 0 Å². The molecule has 6 nitrogen and oxygen atoms in total. The summed E-state index contributed by atoms with van der Waals surface area (Å²) in [4.78, 5) is 4.66. The molecule has 0 saturated heterocycles. The van der Waals surface area contributed by atoms with E-state index in [1.165, 1.54) is 33.0 Å². The summed E-state index contributed by atoms with van der Waals surface area (Å²) in [5.74, 6) is 0. The van der Waals surface area contributed by atoms with Crippen LogP contribution in [0.1, 0.15) is 0 Å². The van der Waals surface area contributed by atoms with Crippen LogP contribution in [0.15, 0.2) is 406 Å². The Morgan fingerprint density at radius 2 is 0.546 bits per heavy atom. The van der Waals surface area contributed by atoms with Crippen molar-refractivity contribution in [2.75, 3.05) is 9.80 Å². The molecule has 4 aromatic heterocycles. The van der Waals surface area contributed by atoms with Crippen molar-refractivity contribution in [2.45, 2.75) is 0 Å². The van der Waals surface area contributed by atoms with Gasteiger partial charge in [0.05, 0.1) is 17.1 Å². The summed E-state index contributed by atoms with van der Waals surface area (Å²) in [5.41, 5.74) is 24.2. The molecule has 0 saturated carbocycles. The van der Waals surface area contributed by atoms with Crippen LogP contribution < -0.4 is 9.80 Å². The Labute approximate surface area is 621 Å². The van der Waals surface area contributed by atoms with E-state index in [-0.39, 0.29) is 0 Å². The van der Waals surface area contributed by atoms with E-state index in [0.717, 1.165) is 177 Å². The SMILES string of the molecule is c1ccc(-c2cccc(-c3ccc(N(c4cc5ccccc5c5c4oc4ccccc45)c4cc5ccccc5c5c4oc4ccccc45)cc3)c2)cc1.c1ccc(-c2cccc(N(c3ccc(-c4cccc5c4oc4ccccc45)cc3)c3cccc4c3oc3c(-c5ccccc5)cc5ccccc5c34)c2)cc1. The number of hydrogen-bond acceptors (Lipinski definition) is 6. The van der Waals surface area contributed by atoms with Crippen LogP contribution in [0.2, 0.25) is 0 Å². The lowest BCUT2D eigenvalue weighted by atomic mass is 9.96. The molecule has 0 aliphatic heterocycles. The Balaban J connectivity index is 0.000000138. The molecule has 22 rings (SSSR count). The van der Waals surface area contributed by atoms with E-state index in [2.05, 4.69) is 374 Å². The maximum atomic E-state index is 7.13. The fourth-order valence-corrected chi connectivity index (χ4v) is 16.5. The molecule has 6 heteroatoms. The quantitative estimate of drug-likeness (QED) is 0.129. The molecule has 0 radical (unpaired) electrons. The zero-order chi connectivity index (χ0) is 71.2. The molecular formula is C102H64N2O4. The van der Waals surface area contributed by atoms with Gasteiger partial charge in [0.25, 0.3) is 0 Å². The standard InChI is InChI=1S/C52H33NO2.C50H31NO2/c1-3-14-34(15-4-1)37-19-11-20-40(32-37)53(39-30-28-36(29-31-39)42-23-12-24-44-43-22-9-10-27-48(43)54-50(42)44)47-26-13-25-45-49-41-21-8-7-18-38(41)33-46(52(49)55-51(45)47)35-16-5-2-6-17-35;1-2-13-32(14-3-1)34-17-12-18-35(29-34)33-25-27-38(28-26-33)51(43-30-36-15-4-6-19-39(36)47-41-21-8-10-23-45(41)52-49(43)47)44-31-37-16-5-7-20-40(37)48-42-22-9-11-24-46(42)53-50(44)48/h1-33H;1-31H. The van der Waals surface area contributed by atoms with Crippen LogP contribution in [0.4, 0.5) is 34.1 Å². The van der Waals surface area contributed by atoms with Crippen molar-refractivity contribution in [3.63, 3.8) is 0 Å². The lowest BCUT2D eigenvalue weighted by molar-refractivity contribution is 0.666. The number of para-hydroxylation sites is 5. The number of anilines is 6. The topological polar surface area (TPSA) is 59.0 Å². The lowest BCUT2D eigenvalue weighted by Crippen LogP contribution is -2.11. The molecule has 0 spiro atoms. The number of furan rings is 4. The largest absolute Gasteiger partial charge is 0.455 e. The second-order valence-electron chi connectivity index (χ2n) is 27.7. The summed E-state index contributed by atoms with van der Waals surface area (Å²) in [6.45, 7) is 0. The smallest absolute Gasteiger partial charge is 0.160 e. The maximum absolute atomic E-state index is 7.13. The van der Waals surface area contributed by atoms with Gasteiger partial charge in [-0.05, 0) is 162 Å². The number of fused-ring (bicyclic) bond motifs is 18. The van der Waals surface area contributed by atoms with Gasteiger partial charge in [-0.25, -0.2) is 0 Å². The zero-order valence-electron chi connectivity index (χ0n) is 58.5. The second-order valence-corrected chi connectivity index (χ2v) is 27.7. The van der Waals surface area contributed by atoms with Crippen LogP contribution in [0, 0.1) is 0 Å². The molecular weight excluding hydrogens is 1320 g/mol. The number of nitrogens with zero attached hydrogens (tertiary/aromatic N) is 2. The molecule has 108 heavy (non-hydrogen) atoms. The van der Waals surface area contributed by atoms with E-state index < -0.39 is 0 Å². The van der Waals surface area contributed by atoms with Crippen molar-refractivity contribution in [3.05, 3.63) is 388 Å². The van der Waals surface area contributed by atoms with Gasteiger partial charge in [-0.3, -0.25) is 0 Å². The summed E-state index contributed by atoms with van der Waals surface area (Å²) in [6.07, 6.45) is 0. The first-order valence-electron chi connectivity index (χ1n) is 36.7. The van der Waals surface area contributed by atoms with E-state index in [1.807, 2.05) is 24.3 Å². The highest BCUT2D eigenvalue weighted by Crippen LogP contribution is 2.52. The van der Waals surface area contributed by atoms with Crippen molar-refractivity contribution in [2.24, 2.45) is 0 Å². The molecule has 18 aromatic carbocycles. The average Bonchev–Trinajstić information content (AvgIpc) is 1.54. The summed E-state index contributed by atoms with van der Waals surface area (Å²) in [6, 6.07) is 137. The Kier molecular flexibility index (Phi) is 14.8. The minimum absolute atomic E-state index is 0.835. The van der Waals surface area contributed by atoms with Crippen molar-refractivity contribution in [1.82, 2.24) is 0 Å². The first-order valence-corrected chi connectivity index (χ1v) is 36.7. The van der Waals surface area contributed by atoms with Gasteiger partial charge in [0.2, 0.25) is 0 Å². The molecule has 0 aliphatic rings. The van der Waals surface area contributed by atoms with Crippen molar-refractivity contribution >= 4 is 154 Å². The zero-order valence-corrected chi connectivity index (χ0v) is 58.5.